The monoisotopic (exact) mass is 1040 g/mol. The summed E-state index contributed by atoms with van der Waals surface area (Å²) in [6.45, 7) is 0. The van der Waals surface area contributed by atoms with Crippen molar-refractivity contribution in [2.24, 2.45) is 0 Å². The van der Waals surface area contributed by atoms with E-state index < -0.39 is 0 Å². The van der Waals surface area contributed by atoms with Gasteiger partial charge >= 0.3 is 0 Å². The Hall–Kier alpha value is -9.31. The molecule has 0 aliphatic carbocycles. The Morgan fingerprint density at radius 1 is 0.228 bits per heavy atom. The number of rotatable bonds is 6. The van der Waals surface area contributed by atoms with E-state index in [0.29, 0.717) is 0 Å². The molecule has 0 aliphatic rings. The molecule has 0 aliphatic heterocycles. The van der Waals surface area contributed by atoms with Crippen LogP contribution in [0.25, 0.3) is 151 Å². The first-order valence-corrected chi connectivity index (χ1v) is 29.1. The lowest BCUT2D eigenvalue weighted by Crippen LogP contribution is -1.92. The van der Waals surface area contributed by atoms with Crippen molar-refractivity contribution in [1.82, 2.24) is 0 Å². The molecule has 0 saturated heterocycles. The molecule has 0 N–H and O–H groups in total. The van der Waals surface area contributed by atoms with Crippen LogP contribution in [0, 0.1) is 0 Å². The second-order valence-electron chi connectivity index (χ2n) is 20.5. The van der Waals surface area contributed by atoms with Crippen molar-refractivity contribution in [3.8, 4) is 55.6 Å². The summed E-state index contributed by atoms with van der Waals surface area (Å²) in [6.07, 6.45) is 2.16. The van der Waals surface area contributed by atoms with E-state index in [1.165, 1.54) is 156 Å². The number of thiophene rings is 1. The summed E-state index contributed by atoms with van der Waals surface area (Å²) >= 11 is 3.68. The normalized spacial score (nSPS) is 11.7. The fraction of sp³-hybridized carbons (Fsp3) is 0.0130. The largest absolute Gasteiger partial charge is 0.135 e. The van der Waals surface area contributed by atoms with Gasteiger partial charge in [0.25, 0.3) is 0 Å². The molecule has 15 aromatic carbocycles. The average Bonchev–Trinajstić information content (AvgIpc) is 4.06. The number of fused-ring (bicyclic) bond motifs is 11. The van der Waals surface area contributed by atoms with Crippen molar-refractivity contribution >= 4 is 119 Å². The third-order valence-electron chi connectivity index (χ3n) is 16.2. The minimum absolute atomic E-state index is 1.25. The van der Waals surface area contributed by atoms with Crippen LogP contribution in [0.4, 0.5) is 0 Å². The molecule has 16 rings (SSSR count). The Morgan fingerprint density at radius 3 is 1.24 bits per heavy atom. The Kier molecular flexibility index (Phi) is 11.7. The second kappa shape index (κ2) is 19.6. The van der Waals surface area contributed by atoms with E-state index in [4.69, 9.17) is 0 Å². The topological polar surface area (TPSA) is 0 Å². The molecule has 1 aromatic heterocycles. The standard InChI is InChI=1S/C40H24S.C37H26S/c1-2-12-27-25(11-1)23-36(29-14-4-3-13-28(27)29)40-33-18-7-5-16-31(33)39(32-17-6-8-19-34(32)40)26-21-22-38-35(24-26)30-15-9-10-20-37(30)41-38;1-38-35-22-21-29(24-34(35)26-12-3-2-4-13-26)37-32-17-9-7-15-30(32)36(31-16-8-10-18-33(31)37)28-20-19-25-11-5-6-14-27(25)23-28/h1-24H;2-24H,1H3. The Morgan fingerprint density at radius 2 is 0.646 bits per heavy atom. The highest BCUT2D eigenvalue weighted by molar-refractivity contribution is 7.98. The van der Waals surface area contributed by atoms with Crippen LogP contribution in [0.5, 0.6) is 0 Å². The first-order valence-electron chi connectivity index (χ1n) is 27.1. The zero-order valence-electron chi connectivity index (χ0n) is 43.5. The van der Waals surface area contributed by atoms with Crippen molar-refractivity contribution in [2.75, 3.05) is 6.26 Å². The van der Waals surface area contributed by atoms with Gasteiger partial charge in [-0.25, -0.2) is 0 Å². The van der Waals surface area contributed by atoms with Gasteiger partial charge in [-0.05, 0) is 180 Å². The van der Waals surface area contributed by atoms with E-state index in [2.05, 4.69) is 291 Å². The number of thioether (sulfide) groups is 1. The lowest BCUT2D eigenvalue weighted by Gasteiger charge is -2.19. The molecule has 0 nitrogen and oxygen atoms in total. The Bertz CT molecular complexity index is 4950. The summed E-state index contributed by atoms with van der Waals surface area (Å²) in [5.74, 6) is 0. The number of benzene rings is 15. The fourth-order valence-corrected chi connectivity index (χ4v) is 14.4. The first kappa shape index (κ1) is 46.9. The maximum absolute atomic E-state index is 2.41. The summed E-state index contributed by atoms with van der Waals surface area (Å²) < 4.78 is 2.68. The molecule has 0 fully saturated rings. The zero-order valence-corrected chi connectivity index (χ0v) is 45.1. The van der Waals surface area contributed by atoms with Crippen LogP contribution >= 0.6 is 23.1 Å². The summed E-state index contributed by atoms with van der Waals surface area (Å²) in [7, 11) is 0. The molecule has 0 amide bonds. The van der Waals surface area contributed by atoms with Crippen LogP contribution in [0.1, 0.15) is 0 Å². The molecule has 79 heavy (non-hydrogen) atoms. The van der Waals surface area contributed by atoms with Crippen molar-refractivity contribution in [3.05, 3.63) is 285 Å². The van der Waals surface area contributed by atoms with Crippen LogP contribution in [0.3, 0.4) is 0 Å². The minimum Gasteiger partial charge on any atom is -0.135 e. The van der Waals surface area contributed by atoms with E-state index in [1.807, 2.05) is 11.3 Å². The first-order chi connectivity index (χ1) is 39.2. The molecule has 0 unspecified atom stereocenters. The third-order valence-corrected chi connectivity index (χ3v) is 18.1. The summed E-state index contributed by atoms with van der Waals surface area (Å²) in [5.41, 5.74) is 12.8. The van der Waals surface area contributed by atoms with Gasteiger partial charge in [0.15, 0.2) is 0 Å². The average molecular weight is 1040 g/mol. The van der Waals surface area contributed by atoms with E-state index in [1.54, 1.807) is 11.8 Å². The van der Waals surface area contributed by atoms with Gasteiger partial charge in [-0.1, -0.05) is 243 Å². The molecular weight excluding hydrogens is 989 g/mol. The number of hydrogen-bond acceptors (Lipinski definition) is 2. The summed E-state index contributed by atoms with van der Waals surface area (Å²) in [6, 6.07) is 105. The van der Waals surface area contributed by atoms with Crippen molar-refractivity contribution in [1.29, 1.82) is 0 Å². The summed E-state index contributed by atoms with van der Waals surface area (Å²) in [4.78, 5) is 1.29. The predicted molar refractivity (Wildman–Crippen MR) is 347 cm³/mol. The van der Waals surface area contributed by atoms with Gasteiger partial charge in [0.1, 0.15) is 0 Å². The molecule has 0 atom stereocenters. The molecule has 0 saturated carbocycles. The fourth-order valence-electron chi connectivity index (χ4n) is 12.7. The van der Waals surface area contributed by atoms with Gasteiger partial charge in [0, 0.05) is 25.1 Å². The molecule has 0 radical (unpaired) electrons. The highest BCUT2D eigenvalue weighted by atomic mass is 32.2. The van der Waals surface area contributed by atoms with Crippen molar-refractivity contribution < 1.29 is 0 Å². The second-order valence-corrected chi connectivity index (χ2v) is 22.5. The highest BCUT2D eigenvalue weighted by Gasteiger charge is 2.21. The summed E-state index contributed by atoms with van der Waals surface area (Å²) in [5, 5.41) is 20.7. The Balaban J connectivity index is 0.000000137. The van der Waals surface area contributed by atoms with Crippen molar-refractivity contribution in [3.63, 3.8) is 0 Å². The smallest absolute Gasteiger partial charge is 0.0355 e. The van der Waals surface area contributed by atoms with Crippen LogP contribution < -0.4 is 0 Å². The molecule has 16 aromatic rings. The van der Waals surface area contributed by atoms with Crippen LogP contribution in [-0.2, 0) is 0 Å². The highest BCUT2D eigenvalue weighted by Crippen LogP contribution is 2.49. The minimum atomic E-state index is 1.25. The zero-order chi connectivity index (χ0) is 52.4. The van der Waals surface area contributed by atoms with Crippen molar-refractivity contribution in [2.45, 2.75) is 4.90 Å². The maximum atomic E-state index is 2.41. The van der Waals surface area contributed by atoms with Crippen LogP contribution in [0.15, 0.2) is 290 Å². The maximum Gasteiger partial charge on any atom is 0.0355 e. The van der Waals surface area contributed by atoms with Gasteiger partial charge in [-0.3, -0.25) is 0 Å². The van der Waals surface area contributed by atoms with Gasteiger partial charge in [-0.15, -0.1) is 23.1 Å². The number of hydrogen-bond donors (Lipinski definition) is 0. The van der Waals surface area contributed by atoms with E-state index in [9.17, 15) is 0 Å². The molecule has 2 heteroatoms. The molecule has 370 valence electrons. The van der Waals surface area contributed by atoms with E-state index in [0.717, 1.165) is 0 Å². The quantitative estimate of drug-likeness (QED) is 0.0909. The van der Waals surface area contributed by atoms with E-state index >= 15 is 0 Å². The lowest BCUT2D eigenvalue weighted by atomic mass is 9.83. The van der Waals surface area contributed by atoms with Gasteiger partial charge in [0.05, 0.1) is 0 Å². The van der Waals surface area contributed by atoms with Gasteiger partial charge < -0.3 is 0 Å². The Labute approximate surface area is 467 Å². The molecule has 0 spiro atoms. The molecular formula is C77H50S2. The SMILES string of the molecule is CSc1ccc(-c2c3ccccc3c(-c3ccc4ccccc4c3)c3ccccc23)cc1-c1ccccc1.c1ccc2c(c1)cc(-c1c3ccccc3c(-c3ccc4sc5ccccc5c4c3)c3ccccc13)c1ccccc12. The van der Waals surface area contributed by atoms with Crippen LogP contribution in [-0.4, -0.2) is 6.26 Å². The molecule has 0 bridgehead atoms. The van der Waals surface area contributed by atoms with Gasteiger partial charge in [0.2, 0.25) is 0 Å². The van der Waals surface area contributed by atoms with E-state index in [-0.39, 0.29) is 0 Å². The third kappa shape index (κ3) is 7.98. The predicted octanol–water partition coefficient (Wildman–Crippen LogP) is 22.9. The van der Waals surface area contributed by atoms with Crippen LogP contribution in [0.2, 0.25) is 0 Å². The lowest BCUT2D eigenvalue weighted by molar-refractivity contribution is 1.45. The molecule has 1 heterocycles. The van der Waals surface area contributed by atoms with Gasteiger partial charge in [-0.2, -0.15) is 0 Å².